The molecular weight excluding hydrogens is 317 g/mol. The summed E-state index contributed by atoms with van der Waals surface area (Å²) in [6, 6.07) is 9.10. The van der Waals surface area contributed by atoms with E-state index in [1.807, 2.05) is 30.4 Å². The van der Waals surface area contributed by atoms with Crippen molar-refractivity contribution in [3.63, 3.8) is 0 Å². The third-order valence-electron chi connectivity index (χ3n) is 1.36. The average molecular weight is 335 g/mol. The van der Waals surface area contributed by atoms with Gasteiger partial charge in [0.25, 0.3) is 0 Å². The zero-order chi connectivity index (χ0) is 11.4. The van der Waals surface area contributed by atoms with Crippen LogP contribution in [0.5, 0.6) is 0 Å². The second kappa shape index (κ2) is 22.2. The fraction of sp³-hybridized carbons (Fsp3) is 0.231. The second-order valence-electron chi connectivity index (χ2n) is 2.95. The molecule has 0 unspecified atom stereocenters. The summed E-state index contributed by atoms with van der Waals surface area (Å²) in [5, 5.41) is 0. The third-order valence-corrected chi connectivity index (χ3v) is 1.36. The standard InChI is InChI=1S/C6H6N.C5H5.C2H7Si.2ClH.Ti/c7-6-4-2-1-3-5-6;1-2-4-5-3-1;1-3-2;;;/h1-5,7H;1-3H,4H2;3H,1-2H3;2*1H;/q2*-1;;;;+4/p-2. The zero-order valence-corrected chi connectivity index (χ0v) is 14.9. The molecule has 2 rings (SSSR count). The SMILES string of the molecule is C[SiH]C.[C-]1=CC=CC1.[Cl-].[Cl-].[NH-]c1ccccc1.[Ti+4]. The van der Waals surface area contributed by atoms with Gasteiger partial charge < -0.3 is 30.5 Å². The second-order valence-corrected chi connectivity index (χ2v) is 4.10. The van der Waals surface area contributed by atoms with Crippen LogP contribution in [0.15, 0.2) is 48.6 Å². The van der Waals surface area contributed by atoms with Crippen molar-refractivity contribution < 1.29 is 46.5 Å². The van der Waals surface area contributed by atoms with E-state index < -0.39 is 0 Å². The van der Waals surface area contributed by atoms with E-state index in [1.54, 1.807) is 12.1 Å². The van der Waals surface area contributed by atoms with E-state index in [2.05, 4.69) is 25.2 Å². The molecule has 0 heterocycles. The monoisotopic (exact) mass is 334 g/mol. The van der Waals surface area contributed by atoms with Gasteiger partial charge in [0.1, 0.15) is 0 Å². The van der Waals surface area contributed by atoms with Crippen LogP contribution in [-0.4, -0.2) is 9.52 Å². The van der Waals surface area contributed by atoms with E-state index in [0.29, 0.717) is 5.69 Å². The van der Waals surface area contributed by atoms with Crippen LogP contribution in [0.25, 0.3) is 5.73 Å². The molecule has 0 fully saturated rings. The van der Waals surface area contributed by atoms with Gasteiger partial charge in [0.2, 0.25) is 0 Å². The van der Waals surface area contributed by atoms with E-state index in [4.69, 9.17) is 5.73 Å². The van der Waals surface area contributed by atoms with Gasteiger partial charge in [-0.3, -0.25) is 6.08 Å². The molecule has 97 valence electrons. The summed E-state index contributed by atoms with van der Waals surface area (Å²) in [6.07, 6.45) is 10.0. The van der Waals surface area contributed by atoms with Gasteiger partial charge >= 0.3 is 21.7 Å². The van der Waals surface area contributed by atoms with E-state index >= 15 is 0 Å². The van der Waals surface area contributed by atoms with Gasteiger partial charge in [0, 0.05) is 9.52 Å². The average Bonchev–Trinajstić information content (AvgIpc) is 2.78. The van der Waals surface area contributed by atoms with Crippen molar-refractivity contribution in [2.75, 3.05) is 0 Å². The minimum absolute atomic E-state index is 0. The van der Waals surface area contributed by atoms with Crippen LogP contribution in [0.2, 0.25) is 13.1 Å². The molecule has 1 nitrogen and oxygen atoms in total. The van der Waals surface area contributed by atoms with Crippen LogP contribution in [0.1, 0.15) is 6.42 Å². The molecule has 5 heteroatoms. The third kappa shape index (κ3) is 21.3. The minimum Gasteiger partial charge on any atom is -1.00 e. The first-order chi connectivity index (χ1) is 7.31. The van der Waals surface area contributed by atoms with E-state index in [1.165, 1.54) is 0 Å². The van der Waals surface area contributed by atoms with Crippen LogP contribution in [-0.2, 0) is 21.7 Å². The van der Waals surface area contributed by atoms with Gasteiger partial charge in [0.05, 0.1) is 0 Å². The fourth-order valence-corrected chi connectivity index (χ4v) is 0.778. The van der Waals surface area contributed by atoms with Crippen molar-refractivity contribution in [3.05, 3.63) is 60.4 Å². The molecule has 0 aliphatic heterocycles. The Labute approximate surface area is 141 Å². The number of rotatable bonds is 0. The summed E-state index contributed by atoms with van der Waals surface area (Å²) in [5.41, 5.74) is 7.57. The predicted molar refractivity (Wildman–Crippen MR) is 70.9 cm³/mol. The van der Waals surface area contributed by atoms with Gasteiger partial charge in [-0.15, -0.1) is 12.1 Å². The van der Waals surface area contributed by atoms with Crippen LogP contribution >= 0.6 is 0 Å². The normalized spacial score (nSPS) is 9.22. The topological polar surface area (TPSA) is 23.8 Å². The summed E-state index contributed by atoms with van der Waals surface area (Å²) in [4.78, 5) is 0. The Balaban J connectivity index is -0.0000000808. The maximum atomic E-state index is 7.00. The summed E-state index contributed by atoms with van der Waals surface area (Å²) in [7, 11) is 0.750. The van der Waals surface area contributed by atoms with Crippen molar-refractivity contribution in [1.82, 2.24) is 0 Å². The molecule has 0 spiro atoms. The molecule has 0 atom stereocenters. The van der Waals surface area contributed by atoms with Crippen molar-refractivity contribution in [3.8, 4) is 0 Å². The Bertz CT molecular complexity index is 282. The number of benzene rings is 1. The van der Waals surface area contributed by atoms with Gasteiger partial charge in [-0.1, -0.05) is 43.4 Å². The number of hydrogen-bond donors (Lipinski definition) is 0. The van der Waals surface area contributed by atoms with E-state index in [0.717, 1.165) is 15.9 Å². The molecule has 18 heavy (non-hydrogen) atoms. The van der Waals surface area contributed by atoms with Crippen molar-refractivity contribution >= 4 is 15.2 Å². The van der Waals surface area contributed by atoms with Gasteiger partial charge in [-0.05, 0) is 0 Å². The number of nitrogens with one attached hydrogen (secondary N) is 1. The molecule has 0 aromatic heterocycles. The maximum Gasteiger partial charge on any atom is 4.00 e. The van der Waals surface area contributed by atoms with Gasteiger partial charge in [-0.2, -0.15) is 6.08 Å². The number of halogens is 2. The van der Waals surface area contributed by atoms with Crippen molar-refractivity contribution in [2.45, 2.75) is 19.5 Å². The predicted octanol–water partition coefficient (Wildman–Crippen LogP) is -1.80. The fourth-order valence-electron chi connectivity index (χ4n) is 0.778. The summed E-state index contributed by atoms with van der Waals surface area (Å²) >= 11 is 0. The first-order valence-corrected chi connectivity index (χ1v) is 7.34. The molecule has 0 bridgehead atoms. The molecule has 1 aliphatic rings. The molecule has 1 aromatic carbocycles. The number of hydrogen-bond acceptors (Lipinski definition) is 0. The largest absolute Gasteiger partial charge is 4.00 e. The van der Waals surface area contributed by atoms with Crippen LogP contribution in [0, 0.1) is 6.08 Å². The van der Waals surface area contributed by atoms with E-state index in [-0.39, 0.29) is 46.5 Å². The smallest absolute Gasteiger partial charge is 1.00 e. The maximum absolute atomic E-state index is 7.00. The molecular formula is C13H18Cl2NSiTi. The Kier molecular flexibility index (Phi) is 32.8. The summed E-state index contributed by atoms with van der Waals surface area (Å²) < 4.78 is 0. The molecule has 1 N–H and O–H groups in total. The van der Waals surface area contributed by atoms with Gasteiger partial charge in [0.15, 0.2) is 0 Å². The zero-order valence-electron chi connectivity index (χ0n) is 10.7. The Hall–Kier alpha value is 0.0112. The molecule has 1 radical (unpaired) electrons. The quantitative estimate of drug-likeness (QED) is 0.395. The van der Waals surface area contributed by atoms with Crippen molar-refractivity contribution in [2.24, 2.45) is 0 Å². The first kappa shape index (κ1) is 26.5. The Morgan fingerprint density at radius 1 is 1.11 bits per heavy atom. The van der Waals surface area contributed by atoms with Crippen LogP contribution < -0.4 is 24.8 Å². The molecule has 0 amide bonds. The summed E-state index contributed by atoms with van der Waals surface area (Å²) in [5.74, 6) is 0. The van der Waals surface area contributed by atoms with Crippen LogP contribution in [0.3, 0.4) is 0 Å². The van der Waals surface area contributed by atoms with Crippen molar-refractivity contribution in [1.29, 1.82) is 0 Å². The van der Waals surface area contributed by atoms with Gasteiger partial charge in [-0.25, -0.2) is 12.2 Å². The number of allylic oxidation sites excluding steroid dienone is 4. The molecule has 1 aromatic rings. The summed E-state index contributed by atoms with van der Waals surface area (Å²) in [6.45, 7) is 4.42. The minimum atomic E-state index is 0. The van der Waals surface area contributed by atoms with Crippen LogP contribution in [0.4, 0.5) is 5.69 Å². The van der Waals surface area contributed by atoms with E-state index in [9.17, 15) is 0 Å². The molecule has 1 aliphatic carbocycles. The first-order valence-electron chi connectivity index (χ1n) is 5.03. The Morgan fingerprint density at radius 2 is 1.61 bits per heavy atom. The molecule has 0 saturated heterocycles. The molecule has 0 saturated carbocycles. The Morgan fingerprint density at radius 3 is 1.78 bits per heavy atom.